The summed E-state index contributed by atoms with van der Waals surface area (Å²) >= 11 is 0. The predicted molar refractivity (Wildman–Crippen MR) is 123 cm³/mol. The molecule has 5 aromatic rings. The van der Waals surface area contributed by atoms with Gasteiger partial charge in [0.25, 0.3) is 5.91 Å². The molecule has 0 spiro atoms. The monoisotopic (exact) mass is 422 g/mol. The van der Waals surface area contributed by atoms with Gasteiger partial charge in [-0.05, 0) is 42.5 Å². The molecule has 1 amide bonds. The first-order valence-electron chi connectivity index (χ1n) is 9.81. The van der Waals surface area contributed by atoms with Gasteiger partial charge in [-0.3, -0.25) is 14.2 Å². The number of hydrogen-bond acceptors (Lipinski definition) is 7. The SMILES string of the molecule is Nc1ccccc1NC(=O)c1ccc(Nc2nccc(-c3cnc4cnccn34)n2)cc1. The molecular formula is C23H18N8O. The Kier molecular flexibility index (Phi) is 4.89. The van der Waals surface area contributed by atoms with E-state index in [0.29, 0.717) is 22.9 Å². The van der Waals surface area contributed by atoms with E-state index in [9.17, 15) is 4.79 Å². The van der Waals surface area contributed by atoms with Crippen LogP contribution in [0.4, 0.5) is 23.0 Å². The van der Waals surface area contributed by atoms with E-state index in [1.54, 1.807) is 61.2 Å². The third-order valence-electron chi connectivity index (χ3n) is 4.85. The largest absolute Gasteiger partial charge is 0.397 e. The number of hydrogen-bond donors (Lipinski definition) is 3. The smallest absolute Gasteiger partial charge is 0.255 e. The van der Waals surface area contributed by atoms with E-state index in [0.717, 1.165) is 22.7 Å². The predicted octanol–water partition coefficient (Wildman–Crippen LogP) is 3.76. The van der Waals surface area contributed by atoms with Crippen molar-refractivity contribution in [3.05, 3.63) is 91.1 Å². The number of rotatable bonds is 5. The summed E-state index contributed by atoms with van der Waals surface area (Å²) in [6.07, 6.45) is 8.64. The maximum absolute atomic E-state index is 12.5. The van der Waals surface area contributed by atoms with Gasteiger partial charge < -0.3 is 16.4 Å². The lowest BCUT2D eigenvalue weighted by Gasteiger charge is -2.09. The first-order chi connectivity index (χ1) is 15.7. The molecule has 0 bridgehead atoms. The molecule has 2 aromatic carbocycles. The van der Waals surface area contributed by atoms with E-state index in [2.05, 4.69) is 30.6 Å². The fourth-order valence-electron chi connectivity index (χ4n) is 3.23. The van der Waals surface area contributed by atoms with Crippen LogP contribution in [0.25, 0.3) is 17.0 Å². The number of benzene rings is 2. The fraction of sp³-hybridized carbons (Fsp3) is 0. The number of nitrogen functional groups attached to an aromatic ring is 1. The molecule has 32 heavy (non-hydrogen) atoms. The van der Waals surface area contributed by atoms with Crippen LogP contribution in [-0.2, 0) is 0 Å². The lowest BCUT2D eigenvalue weighted by atomic mass is 10.2. The quantitative estimate of drug-likeness (QED) is 0.368. The Morgan fingerprint density at radius 1 is 0.938 bits per heavy atom. The van der Waals surface area contributed by atoms with Gasteiger partial charge in [0.15, 0.2) is 5.65 Å². The number of carbonyl (C=O) groups is 1. The Balaban J connectivity index is 1.32. The minimum Gasteiger partial charge on any atom is -0.397 e. The van der Waals surface area contributed by atoms with Crippen molar-refractivity contribution in [3.63, 3.8) is 0 Å². The molecular weight excluding hydrogens is 404 g/mol. The standard InChI is InChI=1S/C23H18N8O/c24-17-3-1-2-4-18(17)29-22(32)15-5-7-16(8-6-15)28-23-26-10-9-19(30-23)20-13-27-21-14-25-11-12-31(20)21/h1-14H,24H2,(H,29,32)(H,26,28,30). The van der Waals surface area contributed by atoms with Gasteiger partial charge in [-0.15, -0.1) is 0 Å². The van der Waals surface area contributed by atoms with E-state index in [1.807, 2.05) is 28.8 Å². The minimum atomic E-state index is -0.241. The Labute approximate surface area is 183 Å². The van der Waals surface area contributed by atoms with Crippen LogP contribution in [0.2, 0.25) is 0 Å². The maximum atomic E-state index is 12.5. The van der Waals surface area contributed by atoms with Crippen LogP contribution >= 0.6 is 0 Å². The second-order valence-corrected chi connectivity index (χ2v) is 6.96. The summed E-state index contributed by atoms with van der Waals surface area (Å²) in [7, 11) is 0. The van der Waals surface area contributed by atoms with E-state index in [1.165, 1.54) is 0 Å². The second-order valence-electron chi connectivity index (χ2n) is 6.96. The number of amides is 1. The highest BCUT2D eigenvalue weighted by Crippen LogP contribution is 2.22. The lowest BCUT2D eigenvalue weighted by Crippen LogP contribution is -2.13. The summed E-state index contributed by atoms with van der Waals surface area (Å²) in [5.74, 6) is 0.190. The zero-order valence-corrected chi connectivity index (χ0v) is 16.8. The van der Waals surface area contributed by atoms with Crippen LogP contribution in [0.5, 0.6) is 0 Å². The number of aromatic nitrogens is 5. The third kappa shape index (κ3) is 3.82. The number of nitrogens with two attached hydrogens (primary N) is 1. The fourth-order valence-corrected chi connectivity index (χ4v) is 3.23. The van der Waals surface area contributed by atoms with Gasteiger partial charge in [-0.1, -0.05) is 12.1 Å². The van der Waals surface area contributed by atoms with E-state index in [4.69, 9.17) is 5.73 Å². The molecule has 0 fully saturated rings. The van der Waals surface area contributed by atoms with Crippen LogP contribution in [0, 0.1) is 0 Å². The van der Waals surface area contributed by atoms with Crippen molar-refractivity contribution in [2.24, 2.45) is 0 Å². The van der Waals surface area contributed by atoms with Crippen molar-refractivity contribution in [1.29, 1.82) is 0 Å². The van der Waals surface area contributed by atoms with Crippen molar-refractivity contribution in [2.75, 3.05) is 16.4 Å². The molecule has 0 unspecified atom stereocenters. The minimum absolute atomic E-state index is 0.241. The summed E-state index contributed by atoms with van der Waals surface area (Å²) < 4.78 is 1.91. The van der Waals surface area contributed by atoms with Crippen molar-refractivity contribution in [1.82, 2.24) is 24.3 Å². The summed E-state index contributed by atoms with van der Waals surface area (Å²) in [6, 6.07) is 16.0. The summed E-state index contributed by atoms with van der Waals surface area (Å²) in [4.78, 5) is 29.8. The normalized spacial score (nSPS) is 10.8. The van der Waals surface area contributed by atoms with Gasteiger partial charge in [0.2, 0.25) is 5.95 Å². The molecule has 9 heteroatoms. The molecule has 3 aromatic heterocycles. The van der Waals surface area contributed by atoms with Gasteiger partial charge in [0.1, 0.15) is 0 Å². The van der Waals surface area contributed by atoms with Gasteiger partial charge in [-0.2, -0.15) is 0 Å². The molecule has 0 atom stereocenters. The lowest BCUT2D eigenvalue weighted by molar-refractivity contribution is 0.102. The van der Waals surface area contributed by atoms with Crippen LogP contribution < -0.4 is 16.4 Å². The molecule has 0 aliphatic heterocycles. The number of imidazole rings is 1. The average molecular weight is 422 g/mol. The van der Waals surface area contributed by atoms with E-state index < -0.39 is 0 Å². The summed E-state index contributed by atoms with van der Waals surface area (Å²) in [5, 5.41) is 5.97. The maximum Gasteiger partial charge on any atom is 0.255 e. The molecule has 0 aliphatic rings. The van der Waals surface area contributed by atoms with Gasteiger partial charge in [-0.25, -0.2) is 15.0 Å². The highest BCUT2D eigenvalue weighted by molar-refractivity contribution is 6.05. The Hall–Kier alpha value is -4.79. The molecule has 4 N–H and O–H groups in total. The Morgan fingerprint density at radius 3 is 2.62 bits per heavy atom. The first kappa shape index (κ1) is 19.2. The number of nitrogens with zero attached hydrogens (tertiary/aromatic N) is 5. The van der Waals surface area contributed by atoms with E-state index in [-0.39, 0.29) is 5.91 Å². The molecule has 0 aliphatic carbocycles. The molecule has 156 valence electrons. The highest BCUT2D eigenvalue weighted by atomic mass is 16.1. The first-order valence-corrected chi connectivity index (χ1v) is 9.81. The topological polar surface area (TPSA) is 123 Å². The van der Waals surface area contributed by atoms with Gasteiger partial charge in [0.05, 0.1) is 35.2 Å². The third-order valence-corrected chi connectivity index (χ3v) is 4.85. The van der Waals surface area contributed by atoms with Gasteiger partial charge >= 0.3 is 0 Å². The molecule has 0 radical (unpaired) electrons. The second kappa shape index (κ2) is 8.15. The van der Waals surface area contributed by atoms with Crippen molar-refractivity contribution >= 4 is 34.6 Å². The number of nitrogens with one attached hydrogen (secondary N) is 2. The van der Waals surface area contributed by atoms with Crippen LogP contribution in [-0.4, -0.2) is 30.2 Å². The van der Waals surface area contributed by atoms with Crippen LogP contribution in [0.3, 0.4) is 0 Å². The Morgan fingerprint density at radius 2 is 1.78 bits per heavy atom. The number of para-hydroxylation sites is 2. The van der Waals surface area contributed by atoms with Crippen LogP contribution in [0.15, 0.2) is 85.6 Å². The van der Waals surface area contributed by atoms with Crippen molar-refractivity contribution in [3.8, 4) is 11.4 Å². The van der Waals surface area contributed by atoms with Crippen molar-refractivity contribution in [2.45, 2.75) is 0 Å². The van der Waals surface area contributed by atoms with Crippen LogP contribution in [0.1, 0.15) is 10.4 Å². The molecule has 0 saturated heterocycles. The Bertz CT molecular complexity index is 1410. The zero-order chi connectivity index (χ0) is 21.9. The number of fused-ring (bicyclic) bond motifs is 1. The number of anilines is 4. The molecule has 9 nitrogen and oxygen atoms in total. The zero-order valence-electron chi connectivity index (χ0n) is 16.8. The summed E-state index contributed by atoms with van der Waals surface area (Å²) in [6.45, 7) is 0. The highest BCUT2D eigenvalue weighted by Gasteiger charge is 2.10. The van der Waals surface area contributed by atoms with Crippen molar-refractivity contribution < 1.29 is 4.79 Å². The van der Waals surface area contributed by atoms with Gasteiger partial charge in [0, 0.05) is 29.8 Å². The average Bonchev–Trinajstić information content (AvgIpc) is 3.25. The summed E-state index contributed by atoms with van der Waals surface area (Å²) in [5.41, 5.74) is 10.5. The van der Waals surface area contributed by atoms with E-state index >= 15 is 0 Å². The molecule has 3 heterocycles. The molecule has 5 rings (SSSR count). The number of carbonyl (C=O) groups excluding carboxylic acids is 1. The molecule has 0 saturated carbocycles.